The average Bonchev–Trinajstić information content (AvgIpc) is 3.28. The van der Waals surface area contributed by atoms with Crippen molar-refractivity contribution in [1.82, 2.24) is 15.5 Å². The van der Waals surface area contributed by atoms with Crippen LogP contribution in [-0.2, 0) is 4.79 Å². The van der Waals surface area contributed by atoms with Crippen LogP contribution in [0.15, 0.2) is 18.2 Å². The van der Waals surface area contributed by atoms with Gasteiger partial charge in [0.15, 0.2) is 0 Å². The summed E-state index contributed by atoms with van der Waals surface area (Å²) in [6.07, 6.45) is 3.64. The number of carbonyl (C=O) groups is 2. The van der Waals surface area contributed by atoms with Crippen LogP contribution in [0.2, 0.25) is 0 Å². The Morgan fingerprint density at radius 3 is 2.46 bits per heavy atom. The van der Waals surface area contributed by atoms with E-state index in [1.165, 1.54) is 12.8 Å². The summed E-state index contributed by atoms with van der Waals surface area (Å²) in [5.41, 5.74) is -0.142. The Labute approximate surface area is 139 Å². The highest BCUT2D eigenvalue weighted by Crippen LogP contribution is 2.31. The lowest BCUT2D eigenvalue weighted by Crippen LogP contribution is -2.39. The van der Waals surface area contributed by atoms with Gasteiger partial charge < -0.3 is 15.5 Å². The number of halogens is 2. The molecule has 2 N–H and O–H groups in total. The number of hydrogen-bond donors (Lipinski definition) is 2. The maximum atomic E-state index is 13.1. The molecule has 1 aromatic rings. The third kappa shape index (κ3) is 4.50. The number of benzene rings is 1. The summed E-state index contributed by atoms with van der Waals surface area (Å²) < 4.78 is 26.1. The van der Waals surface area contributed by atoms with Gasteiger partial charge in [-0.1, -0.05) is 0 Å². The Bertz CT molecular complexity index is 614. The first-order valence-electron chi connectivity index (χ1n) is 8.26. The standard InChI is InChI=1S/C17H21F2N3O2/c18-13-5-12(6-14(19)7-13)17(24)21-9-16(23)20-8-11-3-4-22(10-11)15-1-2-15/h5-7,11,15H,1-4,8-10H2,(H,20,23)(H,21,24)/t11-/m0/s1. The van der Waals surface area contributed by atoms with Crippen molar-refractivity contribution >= 4 is 11.8 Å². The van der Waals surface area contributed by atoms with Crippen LogP contribution in [0.1, 0.15) is 29.6 Å². The average molecular weight is 337 g/mol. The zero-order chi connectivity index (χ0) is 17.1. The number of likely N-dealkylation sites (tertiary alicyclic amines) is 1. The molecule has 1 aliphatic carbocycles. The zero-order valence-electron chi connectivity index (χ0n) is 13.4. The second-order valence-electron chi connectivity index (χ2n) is 6.53. The van der Waals surface area contributed by atoms with Crippen molar-refractivity contribution in [2.45, 2.75) is 25.3 Å². The highest BCUT2D eigenvalue weighted by Gasteiger charge is 2.34. The molecule has 24 heavy (non-hydrogen) atoms. The Morgan fingerprint density at radius 2 is 1.79 bits per heavy atom. The molecule has 1 aliphatic heterocycles. The Morgan fingerprint density at radius 1 is 1.08 bits per heavy atom. The van der Waals surface area contributed by atoms with E-state index in [2.05, 4.69) is 15.5 Å². The van der Waals surface area contributed by atoms with Crippen molar-refractivity contribution < 1.29 is 18.4 Å². The molecule has 130 valence electrons. The number of carbonyl (C=O) groups excluding carboxylic acids is 2. The first-order valence-corrected chi connectivity index (χ1v) is 8.26. The molecular weight excluding hydrogens is 316 g/mol. The van der Waals surface area contributed by atoms with Gasteiger partial charge in [-0.2, -0.15) is 0 Å². The van der Waals surface area contributed by atoms with E-state index in [1.807, 2.05) is 0 Å². The summed E-state index contributed by atoms with van der Waals surface area (Å²) in [4.78, 5) is 26.1. The van der Waals surface area contributed by atoms with Crippen LogP contribution in [0, 0.1) is 17.6 Å². The Hall–Kier alpha value is -2.02. The van der Waals surface area contributed by atoms with E-state index in [9.17, 15) is 18.4 Å². The normalized spacial score (nSPS) is 20.8. The second-order valence-corrected chi connectivity index (χ2v) is 6.53. The summed E-state index contributed by atoms with van der Waals surface area (Å²) in [5, 5.41) is 5.18. The number of nitrogens with one attached hydrogen (secondary N) is 2. The quantitative estimate of drug-likeness (QED) is 0.822. The van der Waals surface area contributed by atoms with Gasteiger partial charge in [0.1, 0.15) is 11.6 Å². The summed E-state index contributed by atoms with van der Waals surface area (Å²) in [7, 11) is 0. The minimum absolute atomic E-state index is 0.142. The number of rotatable bonds is 6. The van der Waals surface area contributed by atoms with Crippen molar-refractivity contribution in [2.24, 2.45) is 5.92 Å². The first kappa shape index (κ1) is 16.8. The van der Waals surface area contributed by atoms with E-state index in [-0.39, 0.29) is 18.0 Å². The van der Waals surface area contributed by atoms with Crippen LogP contribution in [0.3, 0.4) is 0 Å². The molecule has 0 spiro atoms. The van der Waals surface area contributed by atoms with E-state index in [1.54, 1.807) is 0 Å². The third-order valence-corrected chi connectivity index (χ3v) is 4.50. The molecule has 2 aliphatic rings. The monoisotopic (exact) mass is 337 g/mol. The van der Waals surface area contributed by atoms with E-state index in [4.69, 9.17) is 0 Å². The number of hydrogen-bond acceptors (Lipinski definition) is 3. The van der Waals surface area contributed by atoms with Crippen LogP contribution < -0.4 is 10.6 Å². The van der Waals surface area contributed by atoms with Crippen molar-refractivity contribution in [1.29, 1.82) is 0 Å². The molecule has 5 nitrogen and oxygen atoms in total. The molecule has 1 atom stereocenters. The van der Waals surface area contributed by atoms with Crippen molar-refractivity contribution in [2.75, 3.05) is 26.2 Å². The van der Waals surface area contributed by atoms with Gasteiger partial charge in [0, 0.05) is 30.8 Å². The smallest absolute Gasteiger partial charge is 0.251 e. The molecule has 3 rings (SSSR count). The van der Waals surface area contributed by atoms with Gasteiger partial charge in [-0.3, -0.25) is 9.59 Å². The highest BCUT2D eigenvalue weighted by molar-refractivity contribution is 5.96. The van der Waals surface area contributed by atoms with Crippen LogP contribution in [0.4, 0.5) is 8.78 Å². The van der Waals surface area contributed by atoms with Gasteiger partial charge in [-0.05, 0) is 43.9 Å². The molecule has 0 radical (unpaired) electrons. The zero-order valence-corrected chi connectivity index (χ0v) is 13.4. The van der Waals surface area contributed by atoms with E-state index in [0.717, 1.165) is 37.7 Å². The minimum Gasteiger partial charge on any atom is -0.354 e. The molecule has 1 saturated heterocycles. The highest BCUT2D eigenvalue weighted by atomic mass is 19.1. The van der Waals surface area contributed by atoms with Crippen LogP contribution in [0.25, 0.3) is 0 Å². The molecule has 2 fully saturated rings. The molecule has 7 heteroatoms. The minimum atomic E-state index is -0.828. The molecule has 2 amide bonds. The van der Waals surface area contributed by atoms with Crippen molar-refractivity contribution in [3.63, 3.8) is 0 Å². The lowest BCUT2D eigenvalue weighted by Gasteiger charge is -2.15. The van der Waals surface area contributed by atoms with Gasteiger partial charge in [0.25, 0.3) is 5.91 Å². The Balaban J connectivity index is 1.38. The number of nitrogens with zero attached hydrogens (tertiary/aromatic N) is 1. The summed E-state index contributed by atoms with van der Waals surface area (Å²) in [6.45, 7) is 2.48. The maximum Gasteiger partial charge on any atom is 0.251 e. The molecule has 0 unspecified atom stereocenters. The lowest BCUT2D eigenvalue weighted by molar-refractivity contribution is -0.120. The van der Waals surface area contributed by atoms with Crippen LogP contribution in [-0.4, -0.2) is 48.9 Å². The fourth-order valence-electron chi connectivity index (χ4n) is 3.07. The largest absolute Gasteiger partial charge is 0.354 e. The van der Waals surface area contributed by atoms with Crippen LogP contribution in [0.5, 0.6) is 0 Å². The van der Waals surface area contributed by atoms with E-state index in [0.29, 0.717) is 18.5 Å². The van der Waals surface area contributed by atoms with E-state index < -0.39 is 17.5 Å². The topological polar surface area (TPSA) is 61.4 Å². The predicted octanol–water partition coefficient (Wildman–Crippen LogP) is 1.30. The summed E-state index contributed by atoms with van der Waals surface area (Å²) >= 11 is 0. The fourth-order valence-corrected chi connectivity index (χ4v) is 3.07. The van der Waals surface area contributed by atoms with Crippen LogP contribution >= 0.6 is 0 Å². The first-order chi connectivity index (χ1) is 11.5. The van der Waals surface area contributed by atoms with E-state index >= 15 is 0 Å². The maximum absolute atomic E-state index is 13.1. The summed E-state index contributed by atoms with van der Waals surface area (Å²) in [5.74, 6) is -2.19. The molecule has 1 heterocycles. The number of amides is 2. The predicted molar refractivity (Wildman–Crippen MR) is 84.4 cm³/mol. The lowest BCUT2D eigenvalue weighted by atomic mass is 10.1. The SMILES string of the molecule is O=C(CNC(=O)c1cc(F)cc(F)c1)NC[C@@H]1CCN(C2CC2)C1. The van der Waals surface area contributed by atoms with Crippen molar-refractivity contribution in [3.05, 3.63) is 35.4 Å². The summed E-state index contributed by atoms with van der Waals surface area (Å²) in [6, 6.07) is 3.30. The molecule has 1 aromatic carbocycles. The van der Waals surface area contributed by atoms with Crippen molar-refractivity contribution in [3.8, 4) is 0 Å². The fraction of sp³-hybridized carbons (Fsp3) is 0.529. The molecular formula is C17H21F2N3O2. The Kier molecular flexibility index (Phi) is 5.08. The molecule has 0 bridgehead atoms. The second kappa shape index (κ2) is 7.25. The molecule has 1 saturated carbocycles. The molecule has 0 aromatic heterocycles. The van der Waals surface area contributed by atoms with Gasteiger partial charge in [0.05, 0.1) is 6.54 Å². The van der Waals surface area contributed by atoms with Gasteiger partial charge in [0.2, 0.25) is 5.91 Å². The van der Waals surface area contributed by atoms with Gasteiger partial charge in [-0.15, -0.1) is 0 Å². The van der Waals surface area contributed by atoms with Gasteiger partial charge >= 0.3 is 0 Å². The third-order valence-electron chi connectivity index (χ3n) is 4.50. The van der Waals surface area contributed by atoms with Gasteiger partial charge in [-0.25, -0.2) is 8.78 Å².